The Morgan fingerprint density at radius 1 is 0.905 bits per heavy atom. The topological polar surface area (TPSA) is 78.4 Å². The van der Waals surface area contributed by atoms with Crippen molar-refractivity contribution in [1.29, 1.82) is 0 Å². The Kier molecular flexibility index (Phi) is 3.82. The third-order valence-electron chi connectivity index (χ3n) is 4.48. The lowest BCUT2D eigenvalue weighted by molar-refractivity contribution is -0.138. The number of phenolic OH excluding ortho intramolecular Hbond substituents is 1. The SMILES string of the molecule is O=C1N[C@H](c2ccc(O)cc2)C(=O)N[C@H]1C1CCCCC1. The summed E-state index contributed by atoms with van der Waals surface area (Å²) in [5.74, 6) is 0.125. The number of hydrogen-bond donors (Lipinski definition) is 3. The second-order valence-corrected chi connectivity index (χ2v) is 5.92. The molecule has 1 aromatic carbocycles. The minimum atomic E-state index is -0.669. The Balaban J connectivity index is 1.73. The average Bonchev–Trinajstić information content (AvgIpc) is 2.51. The zero-order chi connectivity index (χ0) is 14.8. The van der Waals surface area contributed by atoms with Crippen LogP contribution in [0.25, 0.3) is 0 Å². The molecule has 1 saturated carbocycles. The van der Waals surface area contributed by atoms with Crippen molar-refractivity contribution in [2.24, 2.45) is 5.92 Å². The molecule has 5 nitrogen and oxygen atoms in total. The number of amides is 2. The van der Waals surface area contributed by atoms with Gasteiger partial charge in [-0.1, -0.05) is 31.4 Å². The summed E-state index contributed by atoms with van der Waals surface area (Å²) in [7, 11) is 0. The molecule has 0 aromatic heterocycles. The van der Waals surface area contributed by atoms with Crippen molar-refractivity contribution in [3.05, 3.63) is 29.8 Å². The lowest BCUT2D eigenvalue weighted by Crippen LogP contribution is -2.60. The van der Waals surface area contributed by atoms with Gasteiger partial charge in [-0.2, -0.15) is 0 Å². The molecule has 1 aliphatic carbocycles. The number of carbonyl (C=O) groups excluding carboxylic acids is 2. The van der Waals surface area contributed by atoms with Crippen molar-refractivity contribution >= 4 is 11.8 Å². The highest BCUT2D eigenvalue weighted by Gasteiger charge is 2.38. The van der Waals surface area contributed by atoms with E-state index in [1.165, 1.54) is 18.6 Å². The van der Waals surface area contributed by atoms with E-state index < -0.39 is 12.1 Å². The van der Waals surface area contributed by atoms with E-state index in [9.17, 15) is 14.7 Å². The van der Waals surface area contributed by atoms with Crippen molar-refractivity contribution < 1.29 is 14.7 Å². The average molecular weight is 288 g/mol. The fourth-order valence-corrected chi connectivity index (χ4v) is 3.30. The van der Waals surface area contributed by atoms with Gasteiger partial charge < -0.3 is 15.7 Å². The number of nitrogens with one attached hydrogen (secondary N) is 2. The molecular formula is C16H20N2O3. The van der Waals surface area contributed by atoms with Gasteiger partial charge in [0.15, 0.2) is 0 Å². The van der Waals surface area contributed by atoms with E-state index >= 15 is 0 Å². The van der Waals surface area contributed by atoms with Crippen molar-refractivity contribution in [2.75, 3.05) is 0 Å². The van der Waals surface area contributed by atoms with E-state index in [2.05, 4.69) is 10.6 Å². The monoisotopic (exact) mass is 288 g/mol. The molecule has 21 heavy (non-hydrogen) atoms. The normalized spacial score (nSPS) is 27.0. The highest BCUT2D eigenvalue weighted by Crippen LogP contribution is 2.29. The van der Waals surface area contributed by atoms with E-state index in [0.29, 0.717) is 5.56 Å². The van der Waals surface area contributed by atoms with Crippen molar-refractivity contribution in [3.63, 3.8) is 0 Å². The van der Waals surface area contributed by atoms with Crippen LogP contribution in [-0.4, -0.2) is 23.0 Å². The molecule has 0 unspecified atom stereocenters. The molecule has 2 aliphatic rings. The third-order valence-corrected chi connectivity index (χ3v) is 4.48. The van der Waals surface area contributed by atoms with Crippen LogP contribution in [0.3, 0.4) is 0 Å². The number of phenols is 1. The Labute approximate surface area is 123 Å². The van der Waals surface area contributed by atoms with E-state index in [0.717, 1.165) is 25.7 Å². The summed E-state index contributed by atoms with van der Waals surface area (Å²) < 4.78 is 0. The number of benzene rings is 1. The first-order chi connectivity index (χ1) is 10.1. The number of carbonyl (C=O) groups is 2. The van der Waals surface area contributed by atoms with Gasteiger partial charge in [0.2, 0.25) is 11.8 Å². The standard InChI is InChI=1S/C16H20N2O3/c19-12-8-6-11(7-9-12)14-16(21)17-13(15(20)18-14)10-4-2-1-3-5-10/h6-10,13-14,19H,1-5H2,(H,17,21)(H,18,20)/t13-,14+/m0/s1. The second kappa shape index (κ2) is 5.76. The summed E-state index contributed by atoms with van der Waals surface area (Å²) in [6, 6.07) is 5.27. The van der Waals surface area contributed by atoms with Crippen LogP contribution in [0.1, 0.15) is 43.7 Å². The van der Waals surface area contributed by atoms with Crippen LogP contribution < -0.4 is 10.6 Å². The first-order valence-electron chi connectivity index (χ1n) is 7.55. The summed E-state index contributed by atoms with van der Waals surface area (Å²) in [4.78, 5) is 24.6. The van der Waals surface area contributed by atoms with Crippen LogP contribution in [0.4, 0.5) is 0 Å². The van der Waals surface area contributed by atoms with Crippen molar-refractivity contribution in [2.45, 2.75) is 44.2 Å². The first kappa shape index (κ1) is 13.9. The summed E-state index contributed by atoms with van der Waals surface area (Å²) in [6.45, 7) is 0. The van der Waals surface area contributed by atoms with Gasteiger partial charge in [-0.05, 0) is 36.5 Å². The second-order valence-electron chi connectivity index (χ2n) is 5.92. The molecule has 2 fully saturated rings. The van der Waals surface area contributed by atoms with Crippen LogP contribution in [-0.2, 0) is 9.59 Å². The van der Waals surface area contributed by atoms with Gasteiger partial charge >= 0.3 is 0 Å². The minimum absolute atomic E-state index is 0.0976. The number of rotatable bonds is 2. The van der Waals surface area contributed by atoms with Crippen molar-refractivity contribution in [1.82, 2.24) is 10.6 Å². The van der Waals surface area contributed by atoms with E-state index in [-0.39, 0.29) is 23.5 Å². The highest BCUT2D eigenvalue weighted by molar-refractivity contribution is 5.97. The molecule has 1 aromatic rings. The smallest absolute Gasteiger partial charge is 0.247 e. The highest BCUT2D eigenvalue weighted by atomic mass is 16.3. The number of aromatic hydroxyl groups is 1. The van der Waals surface area contributed by atoms with Gasteiger partial charge in [0, 0.05) is 0 Å². The molecule has 0 bridgehead atoms. The summed E-state index contributed by atoms with van der Waals surface area (Å²) in [5, 5.41) is 15.0. The maximum absolute atomic E-state index is 12.3. The molecule has 2 atom stereocenters. The lowest BCUT2D eigenvalue weighted by atomic mass is 9.82. The van der Waals surface area contributed by atoms with Crippen LogP contribution in [0.5, 0.6) is 5.75 Å². The first-order valence-corrected chi connectivity index (χ1v) is 7.55. The maximum atomic E-state index is 12.3. The summed E-state index contributed by atoms with van der Waals surface area (Å²) >= 11 is 0. The Hall–Kier alpha value is -2.04. The zero-order valence-electron chi connectivity index (χ0n) is 11.8. The Morgan fingerprint density at radius 3 is 2.24 bits per heavy atom. The fraction of sp³-hybridized carbons (Fsp3) is 0.500. The molecule has 3 N–H and O–H groups in total. The maximum Gasteiger partial charge on any atom is 0.247 e. The molecule has 1 heterocycles. The summed E-state index contributed by atoms with van der Waals surface area (Å²) in [5.41, 5.74) is 0.681. The predicted molar refractivity (Wildman–Crippen MR) is 77.5 cm³/mol. The molecular weight excluding hydrogens is 268 g/mol. The van der Waals surface area contributed by atoms with E-state index in [4.69, 9.17) is 0 Å². The molecule has 0 spiro atoms. The Morgan fingerprint density at radius 2 is 1.57 bits per heavy atom. The van der Waals surface area contributed by atoms with Gasteiger partial charge in [0.1, 0.15) is 17.8 Å². The molecule has 5 heteroatoms. The van der Waals surface area contributed by atoms with E-state index in [1.54, 1.807) is 12.1 Å². The van der Waals surface area contributed by atoms with Gasteiger partial charge in [-0.25, -0.2) is 0 Å². The zero-order valence-corrected chi connectivity index (χ0v) is 11.8. The molecule has 0 radical (unpaired) electrons. The van der Waals surface area contributed by atoms with Crippen molar-refractivity contribution in [3.8, 4) is 5.75 Å². The largest absolute Gasteiger partial charge is 0.508 e. The van der Waals surface area contributed by atoms with Crippen LogP contribution in [0.2, 0.25) is 0 Å². The van der Waals surface area contributed by atoms with Gasteiger partial charge in [-0.3, -0.25) is 9.59 Å². The number of hydrogen-bond acceptors (Lipinski definition) is 3. The minimum Gasteiger partial charge on any atom is -0.508 e. The number of piperazine rings is 1. The van der Waals surface area contributed by atoms with Gasteiger partial charge in [0.25, 0.3) is 0 Å². The predicted octanol–water partition coefficient (Wildman–Crippen LogP) is 1.63. The van der Waals surface area contributed by atoms with Crippen LogP contribution in [0, 0.1) is 5.92 Å². The summed E-state index contributed by atoms with van der Waals surface area (Å²) in [6.07, 6.45) is 5.48. The fourth-order valence-electron chi connectivity index (χ4n) is 3.30. The Bertz CT molecular complexity index is 535. The molecule has 1 aliphatic heterocycles. The van der Waals surface area contributed by atoms with Crippen LogP contribution >= 0.6 is 0 Å². The van der Waals surface area contributed by atoms with Crippen LogP contribution in [0.15, 0.2) is 24.3 Å². The molecule has 2 amide bonds. The molecule has 3 rings (SSSR count). The lowest BCUT2D eigenvalue weighted by Gasteiger charge is -2.35. The third kappa shape index (κ3) is 2.86. The molecule has 1 saturated heterocycles. The van der Waals surface area contributed by atoms with Gasteiger partial charge in [0.05, 0.1) is 0 Å². The quantitative estimate of drug-likeness (QED) is 0.774. The van der Waals surface area contributed by atoms with E-state index in [1.807, 2.05) is 0 Å². The molecule has 112 valence electrons. The van der Waals surface area contributed by atoms with Gasteiger partial charge in [-0.15, -0.1) is 0 Å².